The van der Waals surface area contributed by atoms with Gasteiger partial charge in [-0.15, -0.1) is 0 Å². The smallest absolute Gasteiger partial charge is 0.193 e. The summed E-state index contributed by atoms with van der Waals surface area (Å²) in [6.45, 7) is 6.02. The third-order valence-electron chi connectivity index (χ3n) is 5.01. The number of likely N-dealkylation sites (tertiary alicyclic amines) is 1. The van der Waals surface area contributed by atoms with Gasteiger partial charge in [0.2, 0.25) is 0 Å². The highest BCUT2D eigenvalue weighted by molar-refractivity contribution is 5.80. The number of guanidine groups is 1. The van der Waals surface area contributed by atoms with Crippen molar-refractivity contribution in [2.24, 2.45) is 10.9 Å². The van der Waals surface area contributed by atoms with Gasteiger partial charge in [0, 0.05) is 52.8 Å². The van der Waals surface area contributed by atoms with E-state index in [2.05, 4.69) is 15.2 Å². The summed E-state index contributed by atoms with van der Waals surface area (Å²) in [7, 11) is 3.53. The molecule has 1 atom stereocenters. The van der Waals surface area contributed by atoms with Crippen LogP contribution in [0.5, 0.6) is 0 Å². The molecule has 0 spiro atoms. The van der Waals surface area contributed by atoms with Crippen molar-refractivity contribution in [3.8, 4) is 0 Å². The van der Waals surface area contributed by atoms with E-state index in [1.807, 2.05) is 17.0 Å². The predicted octanol–water partition coefficient (Wildman–Crippen LogP) is 1.71. The van der Waals surface area contributed by atoms with E-state index in [-0.39, 0.29) is 5.82 Å². The maximum absolute atomic E-state index is 14.5. The molecule has 2 aliphatic rings. The highest BCUT2D eigenvalue weighted by Crippen LogP contribution is 2.22. The Balaban J connectivity index is 1.56. The van der Waals surface area contributed by atoms with E-state index in [4.69, 9.17) is 9.47 Å². The molecule has 2 saturated heterocycles. The minimum Gasteiger partial charge on any atom is -0.384 e. The molecule has 6 nitrogen and oxygen atoms in total. The Kier molecular flexibility index (Phi) is 6.68. The monoisotopic (exact) mass is 364 g/mol. The van der Waals surface area contributed by atoms with Gasteiger partial charge in [0.15, 0.2) is 5.96 Å². The third-order valence-corrected chi connectivity index (χ3v) is 5.01. The van der Waals surface area contributed by atoms with Gasteiger partial charge < -0.3 is 24.6 Å². The van der Waals surface area contributed by atoms with Gasteiger partial charge in [0.25, 0.3) is 0 Å². The molecule has 1 unspecified atom stereocenters. The molecule has 0 saturated carbocycles. The molecule has 7 heteroatoms. The lowest BCUT2D eigenvalue weighted by atomic mass is 10.1. The van der Waals surface area contributed by atoms with Gasteiger partial charge in [0.1, 0.15) is 5.82 Å². The van der Waals surface area contributed by atoms with Crippen molar-refractivity contribution in [1.29, 1.82) is 0 Å². The highest BCUT2D eigenvalue weighted by atomic mass is 19.1. The van der Waals surface area contributed by atoms with Crippen molar-refractivity contribution in [3.63, 3.8) is 0 Å². The van der Waals surface area contributed by atoms with E-state index < -0.39 is 0 Å². The third kappa shape index (κ3) is 4.65. The van der Waals surface area contributed by atoms with Crippen molar-refractivity contribution in [2.45, 2.75) is 13.0 Å². The summed E-state index contributed by atoms with van der Waals surface area (Å²) in [5, 5.41) is 3.35. The Hall–Kier alpha value is -1.86. The molecule has 0 aliphatic carbocycles. The lowest BCUT2D eigenvalue weighted by molar-refractivity contribution is 0.122. The van der Waals surface area contributed by atoms with Gasteiger partial charge in [-0.1, -0.05) is 6.07 Å². The number of methoxy groups -OCH3 is 1. The van der Waals surface area contributed by atoms with E-state index in [0.29, 0.717) is 31.4 Å². The zero-order valence-electron chi connectivity index (χ0n) is 15.7. The van der Waals surface area contributed by atoms with E-state index in [0.717, 1.165) is 50.7 Å². The number of aliphatic imine (C=N–C) groups is 1. The van der Waals surface area contributed by atoms with Crippen LogP contribution in [0.1, 0.15) is 12.0 Å². The number of morpholine rings is 1. The van der Waals surface area contributed by atoms with Crippen LogP contribution in [-0.4, -0.2) is 71.0 Å². The fraction of sp³-hybridized carbons (Fsp3) is 0.632. The summed E-state index contributed by atoms with van der Waals surface area (Å²) in [4.78, 5) is 8.64. The van der Waals surface area contributed by atoms with Gasteiger partial charge >= 0.3 is 0 Å². The van der Waals surface area contributed by atoms with E-state index in [1.54, 1.807) is 20.2 Å². The summed E-state index contributed by atoms with van der Waals surface area (Å²) in [5.41, 5.74) is 1.57. The van der Waals surface area contributed by atoms with Crippen LogP contribution < -0.4 is 10.2 Å². The number of anilines is 1. The van der Waals surface area contributed by atoms with Crippen molar-refractivity contribution in [2.75, 3.05) is 65.1 Å². The van der Waals surface area contributed by atoms with Gasteiger partial charge in [-0.05, 0) is 24.1 Å². The van der Waals surface area contributed by atoms with E-state index >= 15 is 0 Å². The van der Waals surface area contributed by atoms with Crippen molar-refractivity contribution < 1.29 is 13.9 Å². The summed E-state index contributed by atoms with van der Waals surface area (Å²) < 4.78 is 25.1. The molecular formula is C19H29FN4O2. The molecule has 2 heterocycles. The highest BCUT2D eigenvalue weighted by Gasteiger charge is 2.24. The Bertz CT molecular complexity index is 620. The number of hydrogen-bond acceptors (Lipinski definition) is 4. The number of ether oxygens (including phenoxy) is 2. The minimum absolute atomic E-state index is 0.178. The molecule has 1 aromatic rings. The first-order valence-electron chi connectivity index (χ1n) is 9.27. The fourth-order valence-corrected chi connectivity index (χ4v) is 3.63. The molecular weight excluding hydrogens is 335 g/mol. The Morgan fingerprint density at radius 1 is 1.35 bits per heavy atom. The normalized spacial score (nSPS) is 21.3. The Morgan fingerprint density at radius 2 is 2.15 bits per heavy atom. The number of benzene rings is 1. The second-order valence-electron chi connectivity index (χ2n) is 6.84. The predicted molar refractivity (Wildman–Crippen MR) is 101 cm³/mol. The van der Waals surface area contributed by atoms with Crippen molar-refractivity contribution in [3.05, 3.63) is 29.6 Å². The van der Waals surface area contributed by atoms with Crippen LogP contribution in [0.15, 0.2) is 23.2 Å². The molecule has 0 radical (unpaired) electrons. The lowest BCUT2D eigenvalue weighted by Gasteiger charge is -2.29. The second kappa shape index (κ2) is 9.19. The number of rotatable bonds is 5. The number of nitrogens with one attached hydrogen (secondary N) is 1. The summed E-state index contributed by atoms with van der Waals surface area (Å²) in [5.74, 6) is 1.23. The molecule has 3 rings (SSSR count). The summed E-state index contributed by atoms with van der Waals surface area (Å²) >= 11 is 0. The van der Waals surface area contributed by atoms with Crippen LogP contribution in [0.3, 0.4) is 0 Å². The average Bonchev–Trinajstić information content (AvgIpc) is 3.12. The first-order valence-corrected chi connectivity index (χ1v) is 9.27. The first kappa shape index (κ1) is 18.9. The molecule has 144 valence electrons. The SMILES string of the molecule is CN=C(NCc1ccc(N2CCOCC2)c(F)c1)N1CCC(COC)C1. The van der Waals surface area contributed by atoms with Crippen molar-refractivity contribution >= 4 is 11.6 Å². The van der Waals surface area contributed by atoms with Crippen LogP contribution >= 0.6 is 0 Å². The van der Waals surface area contributed by atoms with Crippen LogP contribution in [0.2, 0.25) is 0 Å². The molecule has 2 aliphatic heterocycles. The lowest BCUT2D eigenvalue weighted by Crippen LogP contribution is -2.40. The number of nitrogens with zero attached hydrogens (tertiary/aromatic N) is 3. The first-order chi connectivity index (χ1) is 12.7. The van der Waals surface area contributed by atoms with E-state index in [1.165, 1.54) is 0 Å². The van der Waals surface area contributed by atoms with Crippen LogP contribution in [0, 0.1) is 11.7 Å². The number of halogens is 1. The Morgan fingerprint density at radius 3 is 2.85 bits per heavy atom. The molecule has 26 heavy (non-hydrogen) atoms. The maximum atomic E-state index is 14.5. The van der Waals surface area contributed by atoms with Gasteiger partial charge in [-0.2, -0.15) is 0 Å². The fourth-order valence-electron chi connectivity index (χ4n) is 3.63. The quantitative estimate of drug-likeness (QED) is 0.637. The van der Waals surface area contributed by atoms with Gasteiger partial charge in [-0.3, -0.25) is 4.99 Å². The van der Waals surface area contributed by atoms with Crippen LogP contribution in [0.25, 0.3) is 0 Å². The van der Waals surface area contributed by atoms with Gasteiger partial charge in [0.05, 0.1) is 25.5 Å². The number of hydrogen-bond donors (Lipinski definition) is 1. The maximum Gasteiger partial charge on any atom is 0.193 e. The average molecular weight is 364 g/mol. The molecule has 2 fully saturated rings. The summed E-state index contributed by atoms with van der Waals surface area (Å²) in [6, 6.07) is 5.46. The Labute approximate surface area is 155 Å². The van der Waals surface area contributed by atoms with Crippen LogP contribution in [-0.2, 0) is 16.0 Å². The van der Waals surface area contributed by atoms with Gasteiger partial charge in [-0.25, -0.2) is 4.39 Å². The second-order valence-corrected chi connectivity index (χ2v) is 6.84. The molecule has 0 bridgehead atoms. The topological polar surface area (TPSA) is 49.3 Å². The largest absolute Gasteiger partial charge is 0.384 e. The molecule has 1 aromatic carbocycles. The zero-order valence-corrected chi connectivity index (χ0v) is 15.7. The standard InChI is InChI=1S/C19H29FN4O2/c1-21-19(24-6-5-16(13-24)14-25-2)22-12-15-3-4-18(17(20)11-15)23-7-9-26-10-8-23/h3-4,11,16H,5-10,12-14H2,1-2H3,(H,21,22). The summed E-state index contributed by atoms with van der Waals surface area (Å²) in [6.07, 6.45) is 1.11. The zero-order chi connectivity index (χ0) is 18.4. The molecule has 1 N–H and O–H groups in total. The minimum atomic E-state index is -0.178. The molecule has 0 amide bonds. The van der Waals surface area contributed by atoms with E-state index in [9.17, 15) is 4.39 Å². The molecule has 0 aromatic heterocycles. The van der Waals surface area contributed by atoms with Crippen LogP contribution in [0.4, 0.5) is 10.1 Å². The van der Waals surface area contributed by atoms with Crippen molar-refractivity contribution in [1.82, 2.24) is 10.2 Å².